The SMILES string of the molecule is COC(=O)c1cc(-c2ncc(F)cc2OCc2cccc(Br)c2)c(C)s1. The van der Waals surface area contributed by atoms with Gasteiger partial charge in [0.15, 0.2) is 0 Å². The van der Waals surface area contributed by atoms with Crippen LogP contribution in [0, 0.1) is 12.7 Å². The summed E-state index contributed by atoms with van der Waals surface area (Å²) in [5, 5.41) is 0. The smallest absolute Gasteiger partial charge is 0.348 e. The first-order valence-electron chi connectivity index (χ1n) is 7.70. The number of thiophene rings is 1. The van der Waals surface area contributed by atoms with Gasteiger partial charge in [0.05, 0.1) is 13.3 Å². The summed E-state index contributed by atoms with van der Waals surface area (Å²) in [7, 11) is 1.33. The van der Waals surface area contributed by atoms with E-state index in [1.165, 1.54) is 24.5 Å². The molecule has 0 radical (unpaired) electrons. The molecule has 0 aliphatic rings. The number of aryl methyl sites for hydroxylation is 1. The van der Waals surface area contributed by atoms with E-state index in [4.69, 9.17) is 9.47 Å². The number of esters is 1. The van der Waals surface area contributed by atoms with Crippen LogP contribution < -0.4 is 4.74 Å². The van der Waals surface area contributed by atoms with Gasteiger partial charge in [0.1, 0.15) is 28.7 Å². The standard InChI is InChI=1S/C19H15BrFNO3S/c1-11-15(8-17(26-11)19(23)24-2)18-16(7-14(21)9-22-18)25-10-12-4-3-5-13(20)6-12/h3-9H,10H2,1-2H3. The van der Waals surface area contributed by atoms with Crippen molar-refractivity contribution in [1.29, 1.82) is 0 Å². The van der Waals surface area contributed by atoms with Crippen LogP contribution in [0.1, 0.15) is 20.1 Å². The van der Waals surface area contributed by atoms with E-state index < -0.39 is 11.8 Å². The summed E-state index contributed by atoms with van der Waals surface area (Å²) in [5.41, 5.74) is 2.15. The zero-order valence-corrected chi connectivity index (χ0v) is 16.5. The van der Waals surface area contributed by atoms with Crippen LogP contribution in [0.5, 0.6) is 5.75 Å². The monoisotopic (exact) mass is 435 g/mol. The zero-order chi connectivity index (χ0) is 18.7. The number of carbonyl (C=O) groups excluding carboxylic acids is 1. The number of hydrogen-bond acceptors (Lipinski definition) is 5. The largest absolute Gasteiger partial charge is 0.487 e. The van der Waals surface area contributed by atoms with Crippen molar-refractivity contribution in [3.63, 3.8) is 0 Å². The number of aromatic nitrogens is 1. The highest BCUT2D eigenvalue weighted by molar-refractivity contribution is 9.10. The molecule has 4 nitrogen and oxygen atoms in total. The molecule has 2 aromatic heterocycles. The van der Waals surface area contributed by atoms with Gasteiger partial charge < -0.3 is 9.47 Å². The minimum absolute atomic E-state index is 0.268. The summed E-state index contributed by atoms with van der Waals surface area (Å²) < 4.78 is 25.2. The molecule has 3 rings (SSSR count). The highest BCUT2D eigenvalue weighted by Gasteiger charge is 2.18. The van der Waals surface area contributed by atoms with Crippen molar-refractivity contribution in [3.05, 3.63) is 68.2 Å². The van der Waals surface area contributed by atoms with Crippen molar-refractivity contribution in [2.45, 2.75) is 13.5 Å². The van der Waals surface area contributed by atoms with Crippen LogP contribution in [0.4, 0.5) is 4.39 Å². The maximum Gasteiger partial charge on any atom is 0.348 e. The third-order valence-electron chi connectivity index (χ3n) is 3.66. The average Bonchev–Trinajstić information content (AvgIpc) is 3.01. The van der Waals surface area contributed by atoms with Gasteiger partial charge in [-0.15, -0.1) is 11.3 Å². The minimum Gasteiger partial charge on any atom is -0.487 e. The third kappa shape index (κ3) is 4.11. The highest BCUT2D eigenvalue weighted by atomic mass is 79.9. The van der Waals surface area contributed by atoms with Crippen molar-refractivity contribution < 1.29 is 18.7 Å². The van der Waals surface area contributed by atoms with E-state index in [9.17, 15) is 9.18 Å². The first kappa shape index (κ1) is 18.5. The molecule has 0 N–H and O–H groups in total. The molecule has 0 aliphatic heterocycles. The number of pyridine rings is 1. The van der Waals surface area contributed by atoms with Crippen LogP contribution in [0.3, 0.4) is 0 Å². The second-order valence-electron chi connectivity index (χ2n) is 5.49. The normalized spacial score (nSPS) is 10.6. The van der Waals surface area contributed by atoms with Gasteiger partial charge in [-0.3, -0.25) is 0 Å². The van der Waals surface area contributed by atoms with Crippen LogP contribution in [-0.4, -0.2) is 18.1 Å². The topological polar surface area (TPSA) is 48.4 Å². The van der Waals surface area contributed by atoms with Crippen molar-refractivity contribution in [2.24, 2.45) is 0 Å². The van der Waals surface area contributed by atoms with Gasteiger partial charge in [0.2, 0.25) is 0 Å². The van der Waals surface area contributed by atoms with Crippen LogP contribution in [0.2, 0.25) is 0 Å². The molecule has 0 spiro atoms. The first-order valence-corrected chi connectivity index (χ1v) is 9.31. The molecule has 0 saturated carbocycles. The van der Waals surface area contributed by atoms with E-state index in [1.54, 1.807) is 6.07 Å². The molecule has 7 heteroatoms. The third-order valence-corrected chi connectivity index (χ3v) is 5.19. The second kappa shape index (κ2) is 7.97. The highest BCUT2D eigenvalue weighted by Crippen LogP contribution is 2.36. The zero-order valence-electron chi connectivity index (χ0n) is 14.1. The summed E-state index contributed by atoms with van der Waals surface area (Å²) in [6, 6.07) is 10.7. The molecule has 0 atom stereocenters. The lowest BCUT2D eigenvalue weighted by Gasteiger charge is -2.11. The number of methoxy groups -OCH3 is 1. The van der Waals surface area contributed by atoms with Gasteiger partial charge >= 0.3 is 5.97 Å². The molecule has 0 saturated heterocycles. The summed E-state index contributed by atoms with van der Waals surface area (Å²) >= 11 is 4.71. The Morgan fingerprint density at radius 2 is 2.12 bits per heavy atom. The molecule has 0 unspecified atom stereocenters. The van der Waals surface area contributed by atoms with Crippen LogP contribution >= 0.6 is 27.3 Å². The Bertz CT molecular complexity index is 958. The van der Waals surface area contributed by atoms with Gasteiger partial charge in [0.25, 0.3) is 0 Å². The number of carbonyl (C=O) groups is 1. The van der Waals surface area contributed by atoms with E-state index in [-0.39, 0.29) is 6.61 Å². The number of hydrogen-bond donors (Lipinski definition) is 0. The molecular formula is C19H15BrFNO3S. The number of halogens is 2. The fraction of sp³-hybridized carbons (Fsp3) is 0.158. The first-order chi connectivity index (χ1) is 12.5. The van der Waals surface area contributed by atoms with Gasteiger partial charge in [0, 0.05) is 21.0 Å². The van der Waals surface area contributed by atoms with E-state index in [0.717, 1.165) is 26.7 Å². The van der Waals surface area contributed by atoms with Crippen LogP contribution in [0.15, 0.2) is 47.1 Å². The maximum absolute atomic E-state index is 13.7. The molecule has 0 bridgehead atoms. The van der Waals surface area contributed by atoms with Crippen LogP contribution in [-0.2, 0) is 11.3 Å². The van der Waals surface area contributed by atoms with E-state index in [0.29, 0.717) is 16.3 Å². The van der Waals surface area contributed by atoms with Crippen molar-refractivity contribution in [1.82, 2.24) is 4.98 Å². The van der Waals surface area contributed by atoms with Gasteiger partial charge in [-0.05, 0) is 30.7 Å². The van der Waals surface area contributed by atoms with E-state index >= 15 is 0 Å². The maximum atomic E-state index is 13.7. The van der Waals surface area contributed by atoms with Crippen molar-refractivity contribution in [3.8, 4) is 17.0 Å². The van der Waals surface area contributed by atoms with Gasteiger partial charge in [-0.25, -0.2) is 14.2 Å². The Morgan fingerprint density at radius 1 is 1.31 bits per heavy atom. The molecule has 0 aliphatic carbocycles. The lowest BCUT2D eigenvalue weighted by molar-refractivity contribution is 0.0606. The Kier molecular flexibility index (Phi) is 5.68. The molecule has 26 heavy (non-hydrogen) atoms. The predicted molar refractivity (Wildman–Crippen MR) is 102 cm³/mol. The Morgan fingerprint density at radius 3 is 2.85 bits per heavy atom. The number of rotatable bonds is 5. The Hall–Kier alpha value is -2.25. The molecular weight excluding hydrogens is 421 g/mol. The van der Waals surface area contributed by atoms with Crippen molar-refractivity contribution >= 4 is 33.2 Å². The molecule has 2 heterocycles. The lowest BCUT2D eigenvalue weighted by atomic mass is 10.1. The van der Waals surface area contributed by atoms with Gasteiger partial charge in [-0.1, -0.05) is 28.1 Å². The number of nitrogens with zero attached hydrogens (tertiary/aromatic N) is 1. The van der Waals surface area contributed by atoms with E-state index in [1.807, 2.05) is 31.2 Å². The molecule has 0 amide bonds. The molecule has 134 valence electrons. The summed E-state index contributed by atoms with van der Waals surface area (Å²) in [4.78, 5) is 17.3. The molecule has 0 fully saturated rings. The summed E-state index contributed by atoms with van der Waals surface area (Å²) in [6.45, 7) is 2.14. The lowest BCUT2D eigenvalue weighted by Crippen LogP contribution is -2.00. The minimum atomic E-state index is -0.487. The Labute approximate surface area is 162 Å². The van der Waals surface area contributed by atoms with Gasteiger partial charge in [-0.2, -0.15) is 0 Å². The number of benzene rings is 1. The number of ether oxygens (including phenoxy) is 2. The quantitative estimate of drug-likeness (QED) is 0.504. The Balaban J connectivity index is 1.93. The molecule has 3 aromatic rings. The van der Waals surface area contributed by atoms with Crippen molar-refractivity contribution in [2.75, 3.05) is 7.11 Å². The summed E-state index contributed by atoms with van der Waals surface area (Å²) in [6.07, 6.45) is 1.14. The van der Waals surface area contributed by atoms with E-state index in [2.05, 4.69) is 20.9 Å². The predicted octanol–water partition coefficient (Wildman–Crippen LogP) is 5.39. The fourth-order valence-electron chi connectivity index (χ4n) is 2.44. The average molecular weight is 436 g/mol. The fourth-order valence-corrected chi connectivity index (χ4v) is 3.82. The van der Waals surface area contributed by atoms with Crippen LogP contribution in [0.25, 0.3) is 11.3 Å². The summed E-state index contributed by atoms with van der Waals surface area (Å²) in [5.74, 6) is -0.579. The second-order valence-corrected chi connectivity index (χ2v) is 7.66. The molecule has 1 aromatic carbocycles.